The first-order chi connectivity index (χ1) is 15.8. The van der Waals surface area contributed by atoms with E-state index in [1.807, 2.05) is 19.9 Å². The Morgan fingerprint density at radius 3 is 2.52 bits per heavy atom. The number of ether oxygens (including phenoxy) is 2. The molecule has 33 heavy (non-hydrogen) atoms. The smallest absolute Gasteiger partial charge is 0.338 e. The number of nitrogens with zero attached hydrogens (tertiary/aromatic N) is 1. The third-order valence-electron chi connectivity index (χ3n) is 5.11. The molecule has 174 valence electrons. The summed E-state index contributed by atoms with van der Waals surface area (Å²) in [6, 6.07) is 11.5. The number of anilines is 2. The lowest BCUT2D eigenvalue weighted by Gasteiger charge is -2.17. The van der Waals surface area contributed by atoms with Crippen LogP contribution in [0.2, 0.25) is 5.02 Å². The van der Waals surface area contributed by atoms with Gasteiger partial charge in [-0.15, -0.1) is 0 Å². The largest absolute Gasteiger partial charge is 0.462 e. The van der Waals surface area contributed by atoms with Gasteiger partial charge in [-0.2, -0.15) is 0 Å². The first-order valence-electron chi connectivity index (χ1n) is 10.6. The average Bonchev–Trinajstić information content (AvgIpc) is 3.19. The van der Waals surface area contributed by atoms with Crippen molar-refractivity contribution >= 4 is 46.7 Å². The molecule has 1 aliphatic rings. The van der Waals surface area contributed by atoms with E-state index in [1.54, 1.807) is 24.3 Å². The van der Waals surface area contributed by atoms with Gasteiger partial charge in [-0.25, -0.2) is 4.79 Å². The zero-order valence-corrected chi connectivity index (χ0v) is 19.2. The summed E-state index contributed by atoms with van der Waals surface area (Å²) >= 11 is 6.14. The molecule has 2 aromatic carbocycles. The quantitative estimate of drug-likeness (QED) is 0.587. The van der Waals surface area contributed by atoms with E-state index in [9.17, 15) is 19.2 Å². The predicted octanol–water partition coefficient (Wildman–Crippen LogP) is 3.75. The van der Waals surface area contributed by atoms with Gasteiger partial charge in [-0.05, 0) is 55.3 Å². The number of halogens is 1. The number of benzene rings is 2. The molecule has 1 saturated heterocycles. The van der Waals surface area contributed by atoms with Crippen LogP contribution in [0.5, 0.6) is 0 Å². The minimum Gasteiger partial charge on any atom is -0.462 e. The van der Waals surface area contributed by atoms with Gasteiger partial charge in [-0.1, -0.05) is 24.6 Å². The van der Waals surface area contributed by atoms with E-state index < -0.39 is 30.4 Å². The molecule has 0 unspecified atom stereocenters. The van der Waals surface area contributed by atoms with E-state index in [2.05, 4.69) is 5.32 Å². The second kappa shape index (κ2) is 11.0. The standard InChI is InChI=1S/C24H25ClN2O6/c1-3-10-32-23(30)16-5-7-18(8-6-16)26-21(28)14-33-24(31)17-11-22(29)27(13-17)19-9-4-15(2)20(25)12-19/h4-9,12,17H,3,10-11,13-14H2,1-2H3,(H,26,28)/t17-/m0/s1. The zero-order chi connectivity index (χ0) is 24.0. The van der Waals surface area contributed by atoms with Crippen molar-refractivity contribution in [3.05, 3.63) is 58.6 Å². The second-order valence-electron chi connectivity index (χ2n) is 7.71. The van der Waals surface area contributed by atoms with Gasteiger partial charge in [0.25, 0.3) is 5.91 Å². The summed E-state index contributed by atoms with van der Waals surface area (Å²) in [5.74, 6) is -2.46. The minimum absolute atomic E-state index is 0.00153. The summed E-state index contributed by atoms with van der Waals surface area (Å²) in [7, 11) is 0. The van der Waals surface area contributed by atoms with Gasteiger partial charge in [0.2, 0.25) is 5.91 Å². The predicted molar refractivity (Wildman–Crippen MR) is 123 cm³/mol. The number of amides is 2. The van der Waals surface area contributed by atoms with Crippen LogP contribution in [0.4, 0.5) is 11.4 Å². The molecule has 0 saturated carbocycles. The van der Waals surface area contributed by atoms with Crippen molar-refractivity contribution in [3.63, 3.8) is 0 Å². The Balaban J connectivity index is 1.48. The molecule has 1 atom stereocenters. The monoisotopic (exact) mass is 472 g/mol. The fourth-order valence-corrected chi connectivity index (χ4v) is 3.46. The Morgan fingerprint density at radius 2 is 1.85 bits per heavy atom. The first-order valence-corrected chi connectivity index (χ1v) is 11.0. The van der Waals surface area contributed by atoms with E-state index in [4.69, 9.17) is 21.1 Å². The fourth-order valence-electron chi connectivity index (χ4n) is 3.28. The highest BCUT2D eigenvalue weighted by Crippen LogP contribution is 2.29. The summed E-state index contributed by atoms with van der Waals surface area (Å²) in [5.41, 5.74) is 2.32. The maximum atomic E-state index is 12.4. The Morgan fingerprint density at radius 1 is 1.12 bits per heavy atom. The van der Waals surface area contributed by atoms with Crippen LogP contribution < -0.4 is 10.2 Å². The Kier molecular flexibility index (Phi) is 8.06. The zero-order valence-electron chi connectivity index (χ0n) is 18.4. The van der Waals surface area contributed by atoms with E-state index in [0.29, 0.717) is 28.6 Å². The van der Waals surface area contributed by atoms with Crippen molar-refractivity contribution in [2.75, 3.05) is 30.0 Å². The summed E-state index contributed by atoms with van der Waals surface area (Å²) < 4.78 is 10.2. The van der Waals surface area contributed by atoms with Crippen LogP contribution in [0.25, 0.3) is 0 Å². The van der Waals surface area contributed by atoms with E-state index in [-0.39, 0.29) is 18.9 Å². The topological polar surface area (TPSA) is 102 Å². The maximum Gasteiger partial charge on any atom is 0.338 e. The third-order valence-corrected chi connectivity index (χ3v) is 5.52. The Labute approximate surface area is 196 Å². The third kappa shape index (κ3) is 6.32. The molecule has 8 nitrogen and oxygen atoms in total. The van der Waals surface area contributed by atoms with Crippen LogP contribution in [-0.2, 0) is 23.9 Å². The van der Waals surface area contributed by atoms with Gasteiger partial charge in [0.15, 0.2) is 6.61 Å². The number of aryl methyl sites for hydroxylation is 1. The molecule has 0 radical (unpaired) electrons. The molecule has 1 aliphatic heterocycles. The number of carbonyl (C=O) groups excluding carboxylic acids is 4. The van der Waals surface area contributed by atoms with Crippen LogP contribution in [0.15, 0.2) is 42.5 Å². The minimum atomic E-state index is -0.668. The number of rotatable bonds is 8. The van der Waals surface area contributed by atoms with Gasteiger partial charge < -0.3 is 19.7 Å². The van der Waals surface area contributed by atoms with Crippen LogP contribution in [-0.4, -0.2) is 43.5 Å². The second-order valence-corrected chi connectivity index (χ2v) is 8.12. The lowest BCUT2D eigenvalue weighted by atomic mass is 10.1. The lowest BCUT2D eigenvalue weighted by molar-refractivity contribution is -0.151. The molecular weight excluding hydrogens is 448 g/mol. The maximum absolute atomic E-state index is 12.4. The fraction of sp³-hybridized carbons (Fsp3) is 0.333. The number of nitrogens with one attached hydrogen (secondary N) is 1. The lowest BCUT2D eigenvalue weighted by Crippen LogP contribution is -2.28. The summed E-state index contributed by atoms with van der Waals surface area (Å²) in [5, 5.41) is 3.13. The van der Waals surface area contributed by atoms with Crippen LogP contribution in [0, 0.1) is 12.8 Å². The molecule has 2 amide bonds. The van der Waals surface area contributed by atoms with Crippen molar-refractivity contribution in [2.24, 2.45) is 5.92 Å². The SMILES string of the molecule is CCCOC(=O)c1ccc(NC(=O)COC(=O)[C@H]2CC(=O)N(c3ccc(C)c(Cl)c3)C2)cc1. The van der Waals surface area contributed by atoms with Gasteiger partial charge in [0.1, 0.15) is 0 Å². The van der Waals surface area contributed by atoms with Crippen molar-refractivity contribution < 1.29 is 28.7 Å². The first kappa shape index (κ1) is 24.3. The highest BCUT2D eigenvalue weighted by molar-refractivity contribution is 6.31. The average molecular weight is 473 g/mol. The number of hydrogen-bond acceptors (Lipinski definition) is 6. The molecule has 2 aromatic rings. The van der Waals surface area contributed by atoms with Crippen molar-refractivity contribution in [1.82, 2.24) is 0 Å². The highest BCUT2D eigenvalue weighted by atomic mass is 35.5. The molecule has 1 fully saturated rings. The molecule has 0 aliphatic carbocycles. The molecule has 0 aromatic heterocycles. The van der Waals surface area contributed by atoms with Crippen molar-refractivity contribution in [2.45, 2.75) is 26.7 Å². The molecule has 1 N–H and O–H groups in total. The molecule has 1 heterocycles. The molecule has 0 bridgehead atoms. The van der Waals surface area contributed by atoms with Crippen molar-refractivity contribution in [3.8, 4) is 0 Å². The van der Waals surface area contributed by atoms with Gasteiger partial charge >= 0.3 is 11.9 Å². The van der Waals surface area contributed by atoms with Crippen LogP contribution in [0.1, 0.15) is 35.7 Å². The van der Waals surface area contributed by atoms with E-state index in [1.165, 1.54) is 17.0 Å². The molecular formula is C24H25ClN2O6. The van der Waals surface area contributed by atoms with E-state index in [0.717, 1.165) is 12.0 Å². The number of carbonyl (C=O) groups is 4. The van der Waals surface area contributed by atoms with Gasteiger partial charge in [0.05, 0.1) is 18.1 Å². The molecule has 0 spiro atoms. The number of hydrogen-bond donors (Lipinski definition) is 1. The normalized spacial score (nSPS) is 15.3. The van der Waals surface area contributed by atoms with Gasteiger partial charge in [-0.3, -0.25) is 14.4 Å². The number of esters is 2. The summed E-state index contributed by atoms with van der Waals surface area (Å²) in [4.78, 5) is 50.2. The van der Waals surface area contributed by atoms with Crippen molar-refractivity contribution in [1.29, 1.82) is 0 Å². The highest BCUT2D eigenvalue weighted by Gasteiger charge is 2.36. The van der Waals surface area contributed by atoms with Gasteiger partial charge in [0, 0.05) is 29.4 Å². The Hall–Kier alpha value is -3.39. The Bertz CT molecular complexity index is 1050. The molecule has 3 rings (SSSR count). The van der Waals surface area contributed by atoms with Crippen LogP contribution >= 0.6 is 11.6 Å². The molecule has 9 heteroatoms. The summed E-state index contributed by atoms with van der Waals surface area (Å²) in [6.45, 7) is 3.78. The summed E-state index contributed by atoms with van der Waals surface area (Å²) in [6.07, 6.45) is 0.730. The van der Waals surface area contributed by atoms with Crippen LogP contribution in [0.3, 0.4) is 0 Å². The van der Waals surface area contributed by atoms with E-state index >= 15 is 0 Å².